The van der Waals surface area contributed by atoms with Gasteiger partial charge >= 0.3 is 6.03 Å². The standard InChI is InChI=1S/C23H25N5O3S/c1-3-31-19-9-5-4-7-17(19)25-23(30)28-14-6-8-18(28)21-26-27-22(32-21)20(29)24-16-12-10-15(2)11-13-16/h4-5,7,9-13,18H,3,6,8,14H2,1-2H3,(H,24,29)(H,25,30). The minimum atomic E-state index is -0.308. The number of aryl methyl sites for hydroxylation is 1. The van der Waals surface area contributed by atoms with Crippen molar-refractivity contribution in [2.75, 3.05) is 23.8 Å². The Bertz CT molecular complexity index is 1100. The molecule has 1 aromatic heterocycles. The maximum Gasteiger partial charge on any atom is 0.322 e. The smallest absolute Gasteiger partial charge is 0.322 e. The number of hydrogen-bond donors (Lipinski definition) is 2. The first kappa shape index (κ1) is 21.8. The number of aromatic nitrogens is 2. The third-order valence-corrected chi connectivity index (χ3v) is 6.19. The van der Waals surface area contributed by atoms with E-state index >= 15 is 0 Å². The van der Waals surface area contributed by atoms with Crippen LogP contribution in [0.5, 0.6) is 5.75 Å². The van der Waals surface area contributed by atoms with Crippen LogP contribution in [-0.4, -0.2) is 40.2 Å². The normalized spacial score (nSPS) is 15.4. The van der Waals surface area contributed by atoms with E-state index in [1.807, 2.05) is 62.4 Å². The fourth-order valence-electron chi connectivity index (χ4n) is 3.59. The van der Waals surface area contributed by atoms with Gasteiger partial charge in [0.25, 0.3) is 5.91 Å². The van der Waals surface area contributed by atoms with Gasteiger partial charge in [-0.05, 0) is 51.0 Å². The van der Waals surface area contributed by atoms with Crippen molar-refractivity contribution >= 4 is 34.6 Å². The summed E-state index contributed by atoms with van der Waals surface area (Å²) in [6.07, 6.45) is 1.63. The zero-order valence-corrected chi connectivity index (χ0v) is 18.8. The molecule has 1 aliphatic heterocycles. The summed E-state index contributed by atoms with van der Waals surface area (Å²) in [6, 6.07) is 14.5. The van der Waals surface area contributed by atoms with Gasteiger partial charge in [0.1, 0.15) is 10.8 Å². The number of urea groups is 1. The summed E-state index contributed by atoms with van der Waals surface area (Å²) in [5.74, 6) is 0.322. The fourth-order valence-corrected chi connectivity index (χ4v) is 4.47. The molecule has 3 aromatic rings. The summed E-state index contributed by atoms with van der Waals surface area (Å²) >= 11 is 1.22. The third kappa shape index (κ3) is 4.88. The topological polar surface area (TPSA) is 96.4 Å². The Morgan fingerprint density at radius 1 is 1.12 bits per heavy atom. The SMILES string of the molecule is CCOc1ccccc1NC(=O)N1CCCC1c1nnc(C(=O)Nc2ccc(C)cc2)s1. The van der Waals surface area contributed by atoms with Crippen LogP contribution < -0.4 is 15.4 Å². The third-order valence-electron chi connectivity index (χ3n) is 5.17. The second kappa shape index (κ2) is 9.78. The van der Waals surface area contributed by atoms with Gasteiger partial charge in [-0.1, -0.05) is 41.2 Å². The molecule has 1 saturated heterocycles. The highest BCUT2D eigenvalue weighted by atomic mass is 32.1. The van der Waals surface area contributed by atoms with Crippen LogP contribution in [0.2, 0.25) is 0 Å². The van der Waals surface area contributed by atoms with Gasteiger partial charge in [0.05, 0.1) is 18.3 Å². The van der Waals surface area contributed by atoms with Crippen LogP contribution in [-0.2, 0) is 0 Å². The number of para-hydroxylation sites is 2. The number of benzene rings is 2. The highest BCUT2D eigenvalue weighted by molar-refractivity contribution is 7.13. The zero-order valence-electron chi connectivity index (χ0n) is 18.0. The highest BCUT2D eigenvalue weighted by Crippen LogP contribution is 2.35. The molecule has 1 unspecified atom stereocenters. The zero-order chi connectivity index (χ0) is 22.5. The number of hydrogen-bond acceptors (Lipinski definition) is 6. The van der Waals surface area contributed by atoms with Crippen molar-refractivity contribution in [1.82, 2.24) is 15.1 Å². The molecule has 0 saturated carbocycles. The van der Waals surface area contributed by atoms with Crippen molar-refractivity contribution in [3.8, 4) is 5.75 Å². The summed E-state index contributed by atoms with van der Waals surface area (Å²) in [5.41, 5.74) is 2.44. The molecule has 32 heavy (non-hydrogen) atoms. The van der Waals surface area contributed by atoms with E-state index < -0.39 is 0 Å². The molecule has 166 valence electrons. The monoisotopic (exact) mass is 451 g/mol. The Labute approximate surface area is 190 Å². The van der Waals surface area contributed by atoms with Gasteiger partial charge in [0.15, 0.2) is 0 Å². The van der Waals surface area contributed by atoms with E-state index in [9.17, 15) is 9.59 Å². The lowest BCUT2D eigenvalue weighted by Crippen LogP contribution is -2.34. The average molecular weight is 452 g/mol. The molecule has 0 spiro atoms. The van der Waals surface area contributed by atoms with E-state index in [-0.39, 0.29) is 23.0 Å². The van der Waals surface area contributed by atoms with Crippen LogP contribution in [0.15, 0.2) is 48.5 Å². The number of ether oxygens (including phenoxy) is 1. The van der Waals surface area contributed by atoms with Crippen molar-refractivity contribution in [2.45, 2.75) is 32.7 Å². The van der Waals surface area contributed by atoms with E-state index in [1.54, 1.807) is 4.90 Å². The molecule has 1 aliphatic rings. The van der Waals surface area contributed by atoms with Gasteiger partial charge < -0.3 is 20.3 Å². The molecule has 2 aromatic carbocycles. The maximum atomic E-state index is 13.0. The molecule has 1 atom stereocenters. The number of nitrogens with zero attached hydrogens (tertiary/aromatic N) is 3. The van der Waals surface area contributed by atoms with Gasteiger partial charge in [0, 0.05) is 12.2 Å². The summed E-state index contributed by atoms with van der Waals surface area (Å²) in [5, 5.41) is 15.0. The predicted molar refractivity (Wildman–Crippen MR) is 124 cm³/mol. The Balaban J connectivity index is 1.44. The van der Waals surface area contributed by atoms with Crippen molar-refractivity contribution in [2.24, 2.45) is 0 Å². The summed E-state index contributed by atoms with van der Waals surface area (Å²) < 4.78 is 5.60. The molecule has 4 rings (SSSR count). The van der Waals surface area contributed by atoms with Gasteiger partial charge in [-0.25, -0.2) is 4.79 Å². The molecule has 3 amide bonds. The lowest BCUT2D eigenvalue weighted by Gasteiger charge is -2.23. The van der Waals surface area contributed by atoms with E-state index in [1.165, 1.54) is 11.3 Å². The first-order valence-electron chi connectivity index (χ1n) is 10.6. The van der Waals surface area contributed by atoms with Crippen LogP contribution in [0.4, 0.5) is 16.2 Å². The van der Waals surface area contributed by atoms with Crippen LogP contribution in [0.25, 0.3) is 0 Å². The second-order valence-corrected chi connectivity index (χ2v) is 8.49. The molecular formula is C23H25N5O3S. The Hall–Kier alpha value is -3.46. The molecule has 1 fully saturated rings. The maximum absolute atomic E-state index is 13.0. The van der Waals surface area contributed by atoms with Gasteiger partial charge in [-0.2, -0.15) is 0 Å². The van der Waals surface area contributed by atoms with E-state index in [4.69, 9.17) is 4.74 Å². The van der Waals surface area contributed by atoms with Crippen LogP contribution in [0.3, 0.4) is 0 Å². The molecular weight excluding hydrogens is 426 g/mol. The van der Waals surface area contributed by atoms with Gasteiger partial charge in [0.2, 0.25) is 5.01 Å². The Morgan fingerprint density at radius 2 is 1.91 bits per heavy atom. The molecule has 8 nitrogen and oxygen atoms in total. The minimum absolute atomic E-state index is 0.215. The lowest BCUT2D eigenvalue weighted by atomic mass is 10.2. The number of anilines is 2. The van der Waals surface area contributed by atoms with Gasteiger partial charge in [-0.3, -0.25) is 4.79 Å². The van der Waals surface area contributed by atoms with Crippen molar-refractivity contribution in [1.29, 1.82) is 0 Å². The Morgan fingerprint density at radius 3 is 2.69 bits per heavy atom. The van der Waals surface area contributed by atoms with Crippen LogP contribution in [0.1, 0.15) is 46.2 Å². The number of amides is 3. The largest absolute Gasteiger partial charge is 0.492 e. The second-order valence-electron chi connectivity index (χ2n) is 7.48. The van der Waals surface area contributed by atoms with Crippen LogP contribution in [0, 0.1) is 6.92 Å². The lowest BCUT2D eigenvalue weighted by molar-refractivity contribution is 0.102. The molecule has 9 heteroatoms. The average Bonchev–Trinajstić information content (AvgIpc) is 3.46. The number of nitrogens with one attached hydrogen (secondary N) is 2. The summed E-state index contributed by atoms with van der Waals surface area (Å²) in [6.45, 7) is 5.01. The van der Waals surface area contributed by atoms with Gasteiger partial charge in [-0.15, -0.1) is 10.2 Å². The fraction of sp³-hybridized carbons (Fsp3) is 0.304. The number of rotatable bonds is 6. The number of likely N-dealkylation sites (tertiary alicyclic amines) is 1. The molecule has 2 N–H and O–H groups in total. The molecule has 0 bridgehead atoms. The summed E-state index contributed by atoms with van der Waals surface area (Å²) in [4.78, 5) is 27.3. The van der Waals surface area contributed by atoms with E-state index in [0.717, 1.165) is 18.4 Å². The minimum Gasteiger partial charge on any atom is -0.492 e. The number of carbonyl (C=O) groups is 2. The first-order chi connectivity index (χ1) is 15.5. The number of carbonyl (C=O) groups excluding carboxylic acids is 2. The molecule has 0 radical (unpaired) electrons. The van der Waals surface area contributed by atoms with Crippen molar-refractivity contribution < 1.29 is 14.3 Å². The highest BCUT2D eigenvalue weighted by Gasteiger charge is 2.33. The van der Waals surface area contributed by atoms with E-state index in [0.29, 0.717) is 35.3 Å². The van der Waals surface area contributed by atoms with E-state index in [2.05, 4.69) is 20.8 Å². The Kier molecular flexibility index (Phi) is 6.65. The van der Waals surface area contributed by atoms with Crippen molar-refractivity contribution in [3.63, 3.8) is 0 Å². The quantitative estimate of drug-likeness (QED) is 0.558. The first-order valence-corrected chi connectivity index (χ1v) is 11.4. The van der Waals surface area contributed by atoms with Crippen molar-refractivity contribution in [3.05, 3.63) is 64.1 Å². The molecule has 2 heterocycles. The van der Waals surface area contributed by atoms with Crippen LogP contribution >= 0.6 is 11.3 Å². The molecule has 0 aliphatic carbocycles. The predicted octanol–water partition coefficient (Wildman–Crippen LogP) is 4.87. The summed E-state index contributed by atoms with van der Waals surface area (Å²) in [7, 11) is 0.